The van der Waals surface area contributed by atoms with Gasteiger partial charge in [0.05, 0.1) is 22.4 Å². The van der Waals surface area contributed by atoms with Gasteiger partial charge in [0.2, 0.25) is 0 Å². The van der Waals surface area contributed by atoms with E-state index in [2.05, 4.69) is 37.1 Å². The molecule has 0 saturated carbocycles. The molecule has 150 valence electrons. The van der Waals surface area contributed by atoms with Crippen LogP contribution in [0.15, 0.2) is 11.6 Å². The number of hydrogen-bond donors (Lipinski definition) is 0. The van der Waals surface area contributed by atoms with Gasteiger partial charge in [0, 0.05) is 36.1 Å². The third kappa shape index (κ3) is 3.60. The number of carbonyl (C=O) groups is 1. The molecule has 3 aromatic rings. The van der Waals surface area contributed by atoms with Crippen molar-refractivity contribution in [2.24, 2.45) is 0 Å². The van der Waals surface area contributed by atoms with Crippen LogP contribution in [0.2, 0.25) is 0 Å². The predicted molar refractivity (Wildman–Crippen MR) is 114 cm³/mol. The minimum absolute atomic E-state index is 0.0762. The highest BCUT2D eigenvalue weighted by Crippen LogP contribution is 2.28. The van der Waals surface area contributed by atoms with Gasteiger partial charge >= 0.3 is 0 Å². The van der Waals surface area contributed by atoms with Crippen LogP contribution in [0.1, 0.15) is 64.0 Å². The Labute approximate surface area is 173 Å². The topological polar surface area (TPSA) is 53.7 Å². The van der Waals surface area contributed by atoms with Crippen LogP contribution in [0, 0.1) is 13.8 Å². The molecule has 0 N–H and O–H groups in total. The first-order valence-electron chi connectivity index (χ1n) is 9.83. The fraction of sp³-hybridized carbons (Fsp3) is 0.550. The first kappa shape index (κ1) is 19.5. The molecule has 28 heavy (non-hydrogen) atoms. The molecule has 1 atom stereocenters. The maximum absolute atomic E-state index is 13.2. The maximum atomic E-state index is 13.2. The van der Waals surface area contributed by atoms with Crippen molar-refractivity contribution in [1.29, 1.82) is 0 Å². The van der Waals surface area contributed by atoms with Crippen LogP contribution in [-0.4, -0.2) is 50.2 Å². The van der Waals surface area contributed by atoms with E-state index < -0.39 is 0 Å². The van der Waals surface area contributed by atoms with E-state index in [4.69, 9.17) is 9.97 Å². The van der Waals surface area contributed by atoms with Gasteiger partial charge in [-0.15, -0.1) is 22.7 Å². The van der Waals surface area contributed by atoms with Gasteiger partial charge in [-0.1, -0.05) is 0 Å². The van der Waals surface area contributed by atoms with Crippen molar-refractivity contribution in [3.63, 3.8) is 0 Å². The van der Waals surface area contributed by atoms with Crippen LogP contribution in [0.25, 0.3) is 4.96 Å². The number of aryl methyl sites for hydroxylation is 2. The van der Waals surface area contributed by atoms with Gasteiger partial charge in [0.25, 0.3) is 5.91 Å². The predicted octanol–water partition coefficient (Wildman–Crippen LogP) is 4.29. The van der Waals surface area contributed by atoms with Crippen molar-refractivity contribution in [2.75, 3.05) is 20.1 Å². The van der Waals surface area contributed by atoms with Crippen molar-refractivity contribution >= 4 is 33.5 Å². The van der Waals surface area contributed by atoms with Crippen molar-refractivity contribution in [3.05, 3.63) is 38.5 Å². The second kappa shape index (κ2) is 7.93. The maximum Gasteiger partial charge on any atom is 0.274 e. The summed E-state index contributed by atoms with van der Waals surface area (Å²) in [6.45, 7) is 8.70. The number of amides is 1. The van der Waals surface area contributed by atoms with Crippen molar-refractivity contribution in [2.45, 2.75) is 52.6 Å². The molecule has 1 fully saturated rings. The fourth-order valence-electron chi connectivity index (χ4n) is 3.92. The number of imidazole rings is 1. The second-order valence-electron chi connectivity index (χ2n) is 7.58. The Morgan fingerprint density at radius 1 is 1.25 bits per heavy atom. The molecule has 1 aliphatic rings. The third-order valence-electron chi connectivity index (χ3n) is 5.60. The Hall–Kier alpha value is -1.77. The van der Waals surface area contributed by atoms with E-state index in [1.54, 1.807) is 22.7 Å². The number of piperidine rings is 1. The minimum atomic E-state index is 0.0762. The molecular formula is C20H27N5OS2. The smallest absolute Gasteiger partial charge is 0.274 e. The van der Waals surface area contributed by atoms with E-state index in [0.29, 0.717) is 12.2 Å². The third-order valence-corrected chi connectivity index (χ3v) is 7.26. The van der Waals surface area contributed by atoms with Crippen molar-refractivity contribution in [3.8, 4) is 0 Å². The van der Waals surface area contributed by atoms with E-state index in [1.807, 2.05) is 16.5 Å². The average Bonchev–Trinajstić information content (AvgIpc) is 3.37. The zero-order valence-corrected chi connectivity index (χ0v) is 18.6. The van der Waals surface area contributed by atoms with Crippen LogP contribution in [-0.2, 0) is 6.54 Å². The molecular weight excluding hydrogens is 390 g/mol. The molecule has 1 aliphatic heterocycles. The molecule has 6 nitrogen and oxygen atoms in total. The van der Waals surface area contributed by atoms with Crippen molar-refractivity contribution in [1.82, 2.24) is 24.2 Å². The minimum Gasteiger partial charge on any atom is -0.337 e. The molecule has 3 aromatic heterocycles. The summed E-state index contributed by atoms with van der Waals surface area (Å²) in [7, 11) is 2.10. The quantitative estimate of drug-likeness (QED) is 0.621. The molecule has 0 aliphatic carbocycles. The van der Waals surface area contributed by atoms with Crippen LogP contribution >= 0.6 is 22.7 Å². The summed E-state index contributed by atoms with van der Waals surface area (Å²) in [6, 6.07) is 0.173. The van der Waals surface area contributed by atoms with Gasteiger partial charge in [-0.05, 0) is 47.1 Å². The summed E-state index contributed by atoms with van der Waals surface area (Å²) >= 11 is 3.32. The SMILES string of the molecule is Cc1nc(C(C)N(C)Cc2c(C(=O)N3CCCCC3)nc3sccn23)c(C)s1. The Morgan fingerprint density at radius 3 is 2.68 bits per heavy atom. The van der Waals surface area contributed by atoms with Gasteiger partial charge in [-0.2, -0.15) is 0 Å². The van der Waals surface area contributed by atoms with Crippen LogP contribution in [0.4, 0.5) is 0 Å². The Kier molecular flexibility index (Phi) is 5.53. The summed E-state index contributed by atoms with van der Waals surface area (Å²) < 4.78 is 2.07. The molecule has 4 heterocycles. The van der Waals surface area contributed by atoms with Crippen LogP contribution in [0.5, 0.6) is 0 Å². The molecule has 4 rings (SSSR count). The van der Waals surface area contributed by atoms with E-state index in [0.717, 1.165) is 47.3 Å². The molecule has 1 saturated heterocycles. The number of hydrogen-bond acceptors (Lipinski definition) is 6. The molecule has 0 bridgehead atoms. The second-order valence-corrected chi connectivity index (χ2v) is 9.86. The summed E-state index contributed by atoms with van der Waals surface area (Å²) in [5.74, 6) is 0.0762. The highest BCUT2D eigenvalue weighted by molar-refractivity contribution is 7.15. The van der Waals surface area contributed by atoms with Crippen LogP contribution < -0.4 is 0 Å². The summed E-state index contributed by atoms with van der Waals surface area (Å²) in [6.07, 6.45) is 5.40. The zero-order chi connectivity index (χ0) is 19.8. The lowest BCUT2D eigenvalue weighted by molar-refractivity contribution is 0.0716. The normalized spacial score (nSPS) is 16.2. The lowest BCUT2D eigenvalue weighted by Gasteiger charge is -2.27. The summed E-state index contributed by atoms with van der Waals surface area (Å²) in [5.41, 5.74) is 2.71. The highest BCUT2D eigenvalue weighted by atomic mass is 32.1. The van der Waals surface area contributed by atoms with E-state index in [-0.39, 0.29) is 11.9 Å². The lowest BCUT2D eigenvalue weighted by Crippen LogP contribution is -2.36. The Bertz CT molecular complexity index is 982. The molecule has 8 heteroatoms. The van der Waals surface area contributed by atoms with E-state index in [1.165, 1.54) is 11.3 Å². The van der Waals surface area contributed by atoms with Gasteiger partial charge in [0.15, 0.2) is 10.7 Å². The molecule has 0 spiro atoms. The number of carbonyl (C=O) groups excluding carboxylic acids is 1. The van der Waals surface area contributed by atoms with Gasteiger partial charge < -0.3 is 4.90 Å². The number of rotatable bonds is 5. The molecule has 1 amide bonds. The summed E-state index contributed by atoms with van der Waals surface area (Å²) in [4.78, 5) is 29.0. The number of nitrogens with zero attached hydrogens (tertiary/aromatic N) is 5. The zero-order valence-electron chi connectivity index (χ0n) is 16.9. The molecule has 1 unspecified atom stereocenters. The standard InChI is InChI=1S/C20H27N5OS2/c1-13(17-14(2)28-15(3)21-17)23(4)12-16-18(22-20-25(16)10-11-27-20)19(26)24-8-6-5-7-9-24/h10-11,13H,5-9,12H2,1-4H3. The fourth-order valence-corrected chi connectivity index (χ4v) is 5.56. The number of likely N-dealkylation sites (tertiary alicyclic amines) is 1. The lowest BCUT2D eigenvalue weighted by atomic mass is 10.1. The monoisotopic (exact) mass is 417 g/mol. The van der Waals surface area contributed by atoms with Crippen LogP contribution in [0.3, 0.4) is 0 Å². The Balaban J connectivity index is 1.63. The van der Waals surface area contributed by atoms with Crippen molar-refractivity contribution < 1.29 is 4.79 Å². The summed E-state index contributed by atoms with van der Waals surface area (Å²) in [5, 5.41) is 3.12. The Morgan fingerprint density at radius 2 is 2.00 bits per heavy atom. The highest BCUT2D eigenvalue weighted by Gasteiger charge is 2.27. The largest absolute Gasteiger partial charge is 0.337 e. The number of fused-ring (bicyclic) bond motifs is 1. The number of aromatic nitrogens is 3. The average molecular weight is 418 g/mol. The van der Waals surface area contributed by atoms with E-state index >= 15 is 0 Å². The molecule has 0 radical (unpaired) electrons. The van der Waals surface area contributed by atoms with E-state index in [9.17, 15) is 4.79 Å². The number of thiazole rings is 2. The van der Waals surface area contributed by atoms with Gasteiger partial charge in [0.1, 0.15) is 0 Å². The first-order valence-corrected chi connectivity index (χ1v) is 11.5. The van der Waals surface area contributed by atoms with Gasteiger partial charge in [-0.25, -0.2) is 9.97 Å². The van der Waals surface area contributed by atoms with Gasteiger partial charge in [-0.3, -0.25) is 14.1 Å². The first-order chi connectivity index (χ1) is 13.5. The molecule has 0 aromatic carbocycles.